The zero-order valence-electron chi connectivity index (χ0n) is 13.1. The number of nitrogens with zero attached hydrogens (tertiary/aromatic N) is 2. The van der Waals surface area contributed by atoms with Gasteiger partial charge in [-0.2, -0.15) is 0 Å². The minimum absolute atomic E-state index is 0.0758. The molecule has 0 saturated carbocycles. The third-order valence-corrected chi connectivity index (χ3v) is 4.35. The molecule has 2 heterocycles. The number of carbonyl (C=O) groups excluding carboxylic acids is 1. The highest BCUT2D eigenvalue weighted by Gasteiger charge is 2.35. The van der Waals surface area contributed by atoms with Crippen LogP contribution in [0.2, 0.25) is 0 Å². The van der Waals surface area contributed by atoms with Crippen molar-refractivity contribution in [3.05, 3.63) is 58.7 Å². The van der Waals surface area contributed by atoms with Gasteiger partial charge in [0.2, 0.25) is 6.41 Å². The second kappa shape index (κ2) is 5.20. The summed E-state index contributed by atoms with van der Waals surface area (Å²) in [5.41, 5.74) is 4.80. The second-order valence-corrected chi connectivity index (χ2v) is 6.56. The van der Waals surface area contributed by atoms with Crippen molar-refractivity contribution in [3.63, 3.8) is 0 Å². The van der Waals surface area contributed by atoms with Gasteiger partial charge in [0.25, 0.3) is 0 Å². The summed E-state index contributed by atoms with van der Waals surface area (Å²) < 4.78 is 13.2. The van der Waals surface area contributed by atoms with E-state index < -0.39 is 0 Å². The van der Waals surface area contributed by atoms with Crippen molar-refractivity contribution in [2.75, 3.05) is 11.4 Å². The monoisotopic (exact) mass is 298 g/mol. The largest absolute Gasteiger partial charge is 0.314 e. The highest BCUT2D eigenvalue weighted by Crippen LogP contribution is 2.39. The van der Waals surface area contributed by atoms with E-state index in [-0.39, 0.29) is 11.2 Å². The van der Waals surface area contributed by atoms with Gasteiger partial charge in [-0.1, -0.05) is 19.9 Å². The Morgan fingerprint density at radius 1 is 1.36 bits per heavy atom. The van der Waals surface area contributed by atoms with E-state index in [0.717, 1.165) is 34.5 Å². The molecule has 0 aliphatic carbocycles. The van der Waals surface area contributed by atoms with E-state index in [2.05, 4.69) is 18.8 Å². The van der Waals surface area contributed by atoms with E-state index in [1.807, 2.05) is 19.2 Å². The molecule has 2 aromatic rings. The third-order valence-electron chi connectivity index (χ3n) is 4.35. The average molecular weight is 298 g/mol. The number of hydrogen-bond donors (Lipinski definition) is 0. The molecule has 0 N–H and O–H groups in total. The third kappa shape index (κ3) is 2.49. The van der Waals surface area contributed by atoms with Crippen LogP contribution >= 0.6 is 0 Å². The number of rotatable bonds is 3. The quantitative estimate of drug-likeness (QED) is 0.814. The van der Waals surface area contributed by atoms with Crippen LogP contribution in [0, 0.1) is 12.7 Å². The molecule has 3 nitrogen and oxygen atoms in total. The zero-order valence-corrected chi connectivity index (χ0v) is 13.1. The summed E-state index contributed by atoms with van der Waals surface area (Å²) in [6.45, 7) is 6.79. The van der Waals surface area contributed by atoms with Crippen LogP contribution in [0.3, 0.4) is 0 Å². The zero-order chi connectivity index (χ0) is 15.9. The van der Waals surface area contributed by atoms with Gasteiger partial charge in [0.1, 0.15) is 5.82 Å². The predicted molar refractivity (Wildman–Crippen MR) is 84.6 cm³/mol. The van der Waals surface area contributed by atoms with Crippen LogP contribution in [0.1, 0.15) is 36.2 Å². The van der Waals surface area contributed by atoms with E-state index in [1.54, 1.807) is 11.0 Å². The molecule has 0 unspecified atom stereocenters. The van der Waals surface area contributed by atoms with Gasteiger partial charge < -0.3 is 4.90 Å². The van der Waals surface area contributed by atoms with Crippen LogP contribution < -0.4 is 4.90 Å². The van der Waals surface area contributed by atoms with E-state index in [4.69, 9.17) is 0 Å². The van der Waals surface area contributed by atoms with Crippen LogP contribution in [0.25, 0.3) is 0 Å². The van der Waals surface area contributed by atoms with Gasteiger partial charge in [-0.05, 0) is 36.2 Å². The first kappa shape index (κ1) is 14.7. The topological polar surface area (TPSA) is 33.2 Å². The lowest BCUT2D eigenvalue weighted by atomic mass is 9.88. The molecule has 1 aromatic heterocycles. The molecule has 4 heteroatoms. The Hall–Kier alpha value is -2.23. The van der Waals surface area contributed by atoms with E-state index >= 15 is 0 Å². The fourth-order valence-corrected chi connectivity index (χ4v) is 3.09. The van der Waals surface area contributed by atoms with Crippen molar-refractivity contribution in [1.29, 1.82) is 0 Å². The Morgan fingerprint density at radius 3 is 2.82 bits per heavy atom. The summed E-state index contributed by atoms with van der Waals surface area (Å²) >= 11 is 0. The Bertz CT molecular complexity index is 740. The normalized spacial score (nSPS) is 15.7. The molecule has 0 bridgehead atoms. The molecule has 1 amide bonds. The molecule has 0 fully saturated rings. The summed E-state index contributed by atoms with van der Waals surface area (Å²) in [6, 6.07) is 6.77. The molecule has 1 aliphatic rings. The standard InChI is InChI=1S/C18H19FN2O/c1-12-6-14(19)5-4-13(12)7-15-8-17-16(9-20-15)18(2,3)10-21(17)11-22/h4-6,8-9,11H,7,10H2,1-3H3. The van der Waals surface area contributed by atoms with Gasteiger partial charge in [0.15, 0.2) is 0 Å². The fraction of sp³-hybridized carbons (Fsp3) is 0.333. The highest BCUT2D eigenvalue weighted by atomic mass is 19.1. The molecule has 3 rings (SSSR count). The Morgan fingerprint density at radius 2 is 2.14 bits per heavy atom. The van der Waals surface area contributed by atoms with Gasteiger partial charge in [-0.3, -0.25) is 9.78 Å². The molecule has 114 valence electrons. The minimum Gasteiger partial charge on any atom is -0.314 e. The molecule has 0 saturated heterocycles. The molecule has 1 aliphatic heterocycles. The number of aromatic nitrogens is 1. The van der Waals surface area contributed by atoms with Crippen LogP contribution in [-0.4, -0.2) is 17.9 Å². The molecule has 0 radical (unpaired) electrons. The first-order valence-electron chi connectivity index (χ1n) is 7.37. The maximum Gasteiger partial charge on any atom is 0.214 e. The first-order chi connectivity index (χ1) is 10.4. The minimum atomic E-state index is -0.225. The molecular weight excluding hydrogens is 279 g/mol. The summed E-state index contributed by atoms with van der Waals surface area (Å²) in [6.07, 6.45) is 3.38. The van der Waals surface area contributed by atoms with Crippen molar-refractivity contribution < 1.29 is 9.18 Å². The van der Waals surface area contributed by atoms with Crippen molar-refractivity contribution in [2.24, 2.45) is 0 Å². The lowest BCUT2D eigenvalue weighted by Gasteiger charge is -2.17. The van der Waals surface area contributed by atoms with Crippen molar-refractivity contribution in [1.82, 2.24) is 4.98 Å². The first-order valence-corrected chi connectivity index (χ1v) is 7.37. The van der Waals surface area contributed by atoms with Gasteiger partial charge >= 0.3 is 0 Å². The number of benzene rings is 1. The number of carbonyl (C=O) groups is 1. The lowest BCUT2D eigenvalue weighted by Crippen LogP contribution is -2.27. The van der Waals surface area contributed by atoms with Gasteiger partial charge in [0.05, 0.1) is 5.69 Å². The molecule has 1 aromatic carbocycles. The Balaban J connectivity index is 1.96. The summed E-state index contributed by atoms with van der Waals surface area (Å²) in [5, 5.41) is 0. The van der Waals surface area contributed by atoms with Crippen molar-refractivity contribution >= 4 is 12.1 Å². The van der Waals surface area contributed by atoms with E-state index in [0.29, 0.717) is 13.0 Å². The van der Waals surface area contributed by atoms with Crippen LogP contribution in [-0.2, 0) is 16.6 Å². The Labute approximate surface area is 129 Å². The van der Waals surface area contributed by atoms with Crippen molar-refractivity contribution in [3.8, 4) is 0 Å². The van der Waals surface area contributed by atoms with Gasteiger partial charge in [-0.25, -0.2) is 4.39 Å². The number of amides is 1. The predicted octanol–water partition coefficient (Wildman–Crippen LogP) is 3.37. The average Bonchev–Trinajstić information content (AvgIpc) is 2.73. The van der Waals surface area contributed by atoms with E-state index in [9.17, 15) is 9.18 Å². The molecule has 0 atom stereocenters. The smallest absolute Gasteiger partial charge is 0.214 e. The number of aryl methyl sites for hydroxylation is 1. The maximum atomic E-state index is 13.2. The summed E-state index contributed by atoms with van der Waals surface area (Å²) in [4.78, 5) is 17.6. The lowest BCUT2D eigenvalue weighted by molar-refractivity contribution is -0.107. The number of halogens is 1. The van der Waals surface area contributed by atoms with Crippen molar-refractivity contribution in [2.45, 2.75) is 32.6 Å². The molecule has 0 spiro atoms. The summed E-state index contributed by atoms with van der Waals surface area (Å²) in [5.74, 6) is -0.225. The maximum absolute atomic E-state index is 13.2. The Kier molecular flexibility index (Phi) is 3.47. The van der Waals surface area contributed by atoms with Crippen LogP contribution in [0.5, 0.6) is 0 Å². The fourth-order valence-electron chi connectivity index (χ4n) is 3.09. The number of fused-ring (bicyclic) bond motifs is 1. The van der Waals surface area contributed by atoms with Crippen LogP contribution in [0.4, 0.5) is 10.1 Å². The SMILES string of the molecule is Cc1cc(F)ccc1Cc1cc2c(cn1)C(C)(C)CN2C=O. The van der Waals surface area contributed by atoms with Gasteiger partial charge in [0, 0.05) is 35.8 Å². The van der Waals surface area contributed by atoms with E-state index in [1.165, 1.54) is 12.1 Å². The second-order valence-electron chi connectivity index (χ2n) is 6.56. The number of pyridine rings is 1. The molecule has 22 heavy (non-hydrogen) atoms. The highest BCUT2D eigenvalue weighted by molar-refractivity contribution is 5.81. The number of hydrogen-bond acceptors (Lipinski definition) is 2. The number of anilines is 1. The van der Waals surface area contributed by atoms with Gasteiger partial charge in [-0.15, -0.1) is 0 Å². The van der Waals surface area contributed by atoms with Crippen LogP contribution in [0.15, 0.2) is 30.5 Å². The summed E-state index contributed by atoms with van der Waals surface area (Å²) in [7, 11) is 0. The molecular formula is C18H19FN2O.